The Balaban J connectivity index is 1.46. The molecule has 2 aromatic carbocycles. The van der Waals surface area contributed by atoms with Gasteiger partial charge in [0.25, 0.3) is 0 Å². The Hall–Kier alpha value is -3.27. The van der Waals surface area contributed by atoms with Crippen molar-refractivity contribution in [2.75, 3.05) is 23.9 Å². The second-order valence-electron chi connectivity index (χ2n) is 10.1. The number of ether oxygens (including phenoxy) is 2. The van der Waals surface area contributed by atoms with Gasteiger partial charge >= 0.3 is 0 Å². The molecule has 2 amide bonds. The molecule has 1 aliphatic heterocycles. The van der Waals surface area contributed by atoms with Crippen molar-refractivity contribution in [2.45, 2.75) is 71.0 Å². The first kappa shape index (κ1) is 27.8. The van der Waals surface area contributed by atoms with E-state index in [0.29, 0.717) is 30.2 Å². The van der Waals surface area contributed by atoms with E-state index in [0.717, 1.165) is 43.1 Å². The summed E-state index contributed by atoms with van der Waals surface area (Å²) in [5.74, 6) is 0.700. The maximum absolute atomic E-state index is 13.5. The van der Waals surface area contributed by atoms with Gasteiger partial charge in [-0.2, -0.15) is 0 Å². The van der Waals surface area contributed by atoms with Gasteiger partial charge in [-0.15, -0.1) is 0 Å². The second-order valence-corrected chi connectivity index (χ2v) is 12.0. The molecule has 2 aromatic rings. The van der Waals surface area contributed by atoms with E-state index in [-0.39, 0.29) is 37.6 Å². The fourth-order valence-electron chi connectivity index (χ4n) is 4.99. The van der Waals surface area contributed by atoms with Crippen LogP contribution in [0.1, 0.15) is 56.6 Å². The van der Waals surface area contributed by atoms with Gasteiger partial charge in [-0.1, -0.05) is 37.1 Å². The molecular weight excluding hydrogens is 506 g/mol. The Morgan fingerprint density at radius 3 is 2.50 bits per heavy atom. The summed E-state index contributed by atoms with van der Waals surface area (Å²) in [6.07, 6.45) is 5.66. The van der Waals surface area contributed by atoms with Gasteiger partial charge < -0.3 is 19.7 Å². The third kappa shape index (κ3) is 6.78. The van der Waals surface area contributed by atoms with Gasteiger partial charge in [-0.3, -0.25) is 13.9 Å². The van der Waals surface area contributed by atoms with E-state index in [4.69, 9.17) is 9.47 Å². The zero-order chi connectivity index (χ0) is 27.3. The molecule has 1 atom stereocenters. The smallest absolute Gasteiger partial charge is 0.242 e. The van der Waals surface area contributed by atoms with Crippen LogP contribution in [-0.4, -0.2) is 56.8 Å². The summed E-state index contributed by atoms with van der Waals surface area (Å²) in [4.78, 5) is 28.2. The van der Waals surface area contributed by atoms with Crippen LogP contribution in [0.5, 0.6) is 11.5 Å². The quantitative estimate of drug-likeness (QED) is 0.463. The first-order chi connectivity index (χ1) is 18.1. The number of nitrogens with zero attached hydrogens (tertiary/aromatic N) is 2. The number of rotatable bonds is 11. The minimum Gasteiger partial charge on any atom is -0.454 e. The number of benzene rings is 2. The molecule has 9 nitrogen and oxygen atoms in total. The molecule has 206 valence electrons. The summed E-state index contributed by atoms with van der Waals surface area (Å²) in [6.45, 7) is 4.26. The van der Waals surface area contributed by atoms with Crippen LogP contribution in [0.3, 0.4) is 0 Å². The fourth-order valence-corrected chi connectivity index (χ4v) is 5.95. The molecule has 1 saturated carbocycles. The Morgan fingerprint density at radius 2 is 1.79 bits per heavy atom. The number of nitrogens with one attached hydrogen (secondary N) is 1. The SMILES string of the molecule is Cc1ccccc1CN(C(=O)CCCN(c1ccc2c(c1)OCO2)S(C)(=O)=O)C(C)C(=O)NC1CCCC1. The molecule has 0 saturated heterocycles. The summed E-state index contributed by atoms with van der Waals surface area (Å²) < 4.78 is 37.2. The maximum Gasteiger partial charge on any atom is 0.242 e. The Bertz CT molecular complexity index is 1260. The molecule has 0 spiro atoms. The summed E-state index contributed by atoms with van der Waals surface area (Å²) >= 11 is 0. The number of hydrogen-bond donors (Lipinski definition) is 1. The number of aryl methyl sites for hydroxylation is 1. The number of fused-ring (bicyclic) bond motifs is 1. The van der Waals surface area contributed by atoms with Gasteiger partial charge in [0.2, 0.25) is 28.6 Å². The van der Waals surface area contributed by atoms with Crippen molar-refractivity contribution in [3.63, 3.8) is 0 Å². The first-order valence-corrected chi connectivity index (χ1v) is 15.0. The summed E-state index contributed by atoms with van der Waals surface area (Å²) in [5, 5.41) is 3.11. The molecule has 10 heteroatoms. The highest BCUT2D eigenvalue weighted by Gasteiger charge is 2.29. The summed E-state index contributed by atoms with van der Waals surface area (Å²) in [6, 6.07) is 12.3. The van der Waals surface area contributed by atoms with E-state index < -0.39 is 16.1 Å². The minimum atomic E-state index is -3.60. The average molecular weight is 544 g/mol. The van der Waals surface area contributed by atoms with Gasteiger partial charge in [-0.25, -0.2) is 8.42 Å². The highest BCUT2D eigenvalue weighted by Crippen LogP contribution is 2.36. The number of carbonyl (C=O) groups is 2. The van der Waals surface area contributed by atoms with Crippen molar-refractivity contribution >= 4 is 27.5 Å². The van der Waals surface area contributed by atoms with Crippen LogP contribution < -0.4 is 19.1 Å². The topological polar surface area (TPSA) is 105 Å². The third-order valence-corrected chi connectivity index (χ3v) is 8.46. The van der Waals surface area contributed by atoms with Crippen LogP contribution in [0.25, 0.3) is 0 Å². The predicted octanol–water partition coefficient (Wildman–Crippen LogP) is 3.75. The minimum absolute atomic E-state index is 0.0927. The van der Waals surface area contributed by atoms with Gasteiger partial charge in [-0.05, 0) is 56.4 Å². The van der Waals surface area contributed by atoms with E-state index in [2.05, 4.69) is 5.32 Å². The van der Waals surface area contributed by atoms with Crippen molar-refractivity contribution in [3.8, 4) is 11.5 Å². The molecule has 1 N–H and O–H groups in total. The first-order valence-electron chi connectivity index (χ1n) is 13.1. The molecule has 0 aromatic heterocycles. The van der Waals surface area contributed by atoms with Crippen LogP contribution in [-0.2, 0) is 26.2 Å². The molecule has 4 rings (SSSR count). The lowest BCUT2D eigenvalue weighted by molar-refractivity contribution is -0.141. The monoisotopic (exact) mass is 543 g/mol. The van der Waals surface area contributed by atoms with Crippen molar-refractivity contribution in [1.82, 2.24) is 10.2 Å². The van der Waals surface area contributed by atoms with Gasteiger partial charge in [0, 0.05) is 31.6 Å². The van der Waals surface area contributed by atoms with Crippen molar-refractivity contribution in [2.24, 2.45) is 0 Å². The molecule has 1 fully saturated rings. The zero-order valence-corrected chi connectivity index (χ0v) is 23.1. The van der Waals surface area contributed by atoms with Crippen LogP contribution >= 0.6 is 0 Å². The van der Waals surface area contributed by atoms with Gasteiger partial charge in [0.1, 0.15) is 6.04 Å². The molecule has 0 radical (unpaired) electrons. The van der Waals surface area contributed by atoms with Crippen molar-refractivity contribution in [3.05, 3.63) is 53.6 Å². The lowest BCUT2D eigenvalue weighted by atomic mass is 10.1. The lowest BCUT2D eigenvalue weighted by Gasteiger charge is -2.30. The molecular formula is C28H37N3O6S. The zero-order valence-electron chi connectivity index (χ0n) is 22.3. The molecule has 1 aliphatic carbocycles. The average Bonchev–Trinajstić information content (AvgIpc) is 3.56. The largest absolute Gasteiger partial charge is 0.454 e. The standard InChI is InChI=1S/C28H37N3O6S/c1-20-9-4-5-10-22(20)18-30(21(2)28(33)29-23-11-6-7-12-23)27(32)13-8-16-31(38(3,34)35)24-14-15-25-26(17-24)37-19-36-25/h4-5,9-10,14-15,17,21,23H,6-8,11-13,16,18-19H2,1-3H3,(H,29,33). The summed E-state index contributed by atoms with van der Waals surface area (Å²) in [7, 11) is -3.60. The predicted molar refractivity (Wildman–Crippen MR) is 146 cm³/mol. The van der Waals surface area contributed by atoms with Crippen LogP contribution in [0.2, 0.25) is 0 Å². The number of anilines is 1. The van der Waals surface area contributed by atoms with Crippen LogP contribution in [0, 0.1) is 6.92 Å². The van der Waals surface area contributed by atoms with Crippen molar-refractivity contribution in [1.29, 1.82) is 0 Å². The Kier molecular flexibility index (Phi) is 8.81. The van der Waals surface area contributed by atoms with E-state index >= 15 is 0 Å². The lowest BCUT2D eigenvalue weighted by Crippen LogP contribution is -2.49. The van der Waals surface area contributed by atoms with E-state index in [1.165, 1.54) is 4.31 Å². The molecule has 1 heterocycles. The molecule has 38 heavy (non-hydrogen) atoms. The van der Waals surface area contributed by atoms with Gasteiger partial charge in [0.05, 0.1) is 11.9 Å². The molecule has 1 unspecified atom stereocenters. The Labute approximate surface area is 225 Å². The normalized spacial score (nSPS) is 15.8. The highest BCUT2D eigenvalue weighted by molar-refractivity contribution is 7.92. The molecule has 2 aliphatic rings. The van der Waals surface area contributed by atoms with Crippen LogP contribution in [0.4, 0.5) is 5.69 Å². The van der Waals surface area contributed by atoms with Gasteiger partial charge in [0.15, 0.2) is 11.5 Å². The van der Waals surface area contributed by atoms with Crippen LogP contribution in [0.15, 0.2) is 42.5 Å². The van der Waals surface area contributed by atoms with E-state index in [1.54, 1.807) is 30.0 Å². The molecule has 0 bridgehead atoms. The fraction of sp³-hybridized carbons (Fsp3) is 0.500. The highest BCUT2D eigenvalue weighted by atomic mass is 32.2. The van der Waals surface area contributed by atoms with Crippen molar-refractivity contribution < 1.29 is 27.5 Å². The van der Waals surface area contributed by atoms with E-state index in [1.807, 2.05) is 31.2 Å². The summed E-state index contributed by atoms with van der Waals surface area (Å²) in [5.41, 5.74) is 2.46. The number of hydrogen-bond acceptors (Lipinski definition) is 6. The Morgan fingerprint density at radius 1 is 1.08 bits per heavy atom. The maximum atomic E-state index is 13.5. The number of sulfonamides is 1. The second kappa shape index (κ2) is 12.1. The number of amides is 2. The third-order valence-electron chi connectivity index (χ3n) is 7.27. The number of carbonyl (C=O) groups excluding carboxylic acids is 2. The van der Waals surface area contributed by atoms with E-state index in [9.17, 15) is 18.0 Å².